The minimum absolute atomic E-state index is 0.0249. The van der Waals surface area contributed by atoms with E-state index in [2.05, 4.69) is 4.98 Å². The number of carbonyl (C=O) groups is 2. The van der Waals surface area contributed by atoms with Gasteiger partial charge in [0.05, 0.1) is 31.9 Å². The van der Waals surface area contributed by atoms with Crippen LogP contribution in [0.5, 0.6) is 5.75 Å². The van der Waals surface area contributed by atoms with Crippen LogP contribution in [0.25, 0.3) is 16.0 Å². The van der Waals surface area contributed by atoms with Gasteiger partial charge in [0.2, 0.25) is 0 Å². The van der Waals surface area contributed by atoms with Gasteiger partial charge in [-0.1, -0.05) is 46.7 Å². The van der Waals surface area contributed by atoms with Crippen LogP contribution in [-0.4, -0.2) is 27.9 Å². The number of ether oxygens (including phenoxy) is 1. The first kappa shape index (κ1) is 24.0. The van der Waals surface area contributed by atoms with Gasteiger partial charge in [0, 0.05) is 12.0 Å². The Bertz CT molecular complexity index is 1660. The molecule has 2 unspecified atom stereocenters. The molecule has 37 heavy (non-hydrogen) atoms. The van der Waals surface area contributed by atoms with Crippen LogP contribution in [0.4, 0.5) is 5.13 Å². The lowest BCUT2D eigenvalue weighted by Crippen LogP contribution is -2.29. The largest absolute Gasteiger partial charge is 0.507 e. The summed E-state index contributed by atoms with van der Waals surface area (Å²) in [5, 5.41) is 12.4. The van der Waals surface area contributed by atoms with Gasteiger partial charge in [-0.3, -0.25) is 14.5 Å². The molecule has 0 saturated carbocycles. The molecule has 1 aromatic heterocycles. The third-order valence-corrected chi connectivity index (χ3v) is 8.37. The van der Waals surface area contributed by atoms with E-state index in [1.54, 1.807) is 36.4 Å². The maximum atomic E-state index is 13.5. The highest BCUT2D eigenvalue weighted by Crippen LogP contribution is 2.45. The van der Waals surface area contributed by atoms with Crippen LogP contribution in [0.1, 0.15) is 35.2 Å². The summed E-state index contributed by atoms with van der Waals surface area (Å²) in [6, 6.07) is 15.0. The summed E-state index contributed by atoms with van der Waals surface area (Å²) < 4.78 is 6.66. The van der Waals surface area contributed by atoms with E-state index >= 15 is 0 Å². The third-order valence-electron chi connectivity index (χ3n) is 6.61. The zero-order valence-corrected chi connectivity index (χ0v) is 22.1. The van der Waals surface area contributed by atoms with E-state index in [-0.39, 0.29) is 22.5 Å². The molecule has 0 aliphatic carbocycles. The number of nitrogens with zero attached hydrogens (tertiary/aromatic N) is 2. The minimum atomic E-state index is -0.945. The quantitative estimate of drug-likeness (QED) is 0.171. The van der Waals surface area contributed by atoms with Crippen molar-refractivity contribution in [2.24, 2.45) is 0 Å². The zero-order valence-electron chi connectivity index (χ0n) is 19.8. The van der Waals surface area contributed by atoms with Crippen molar-refractivity contribution in [2.75, 3.05) is 4.90 Å². The Morgan fingerprint density at radius 3 is 2.68 bits per heavy atom. The number of hydrogen-bond donors (Lipinski definition) is 1. The van der Waals surface area contributed by atoms with Crippen LogP contribution in [0.2, 0.25) is 10.0 Å². The standard InChI is InChI=1S/C28H20Cl2N2O4S/c1-13-3-7-20-22(9-13)37-28(31-20)32-24(15-4-6-18(29)19(30)12-15)23(26(34)27(32)35)25(33)16-5-8-21-17(11-16)10-14(2)36-21/h3-9,11-12,14,24,33H,10H2,1-2H3/b25-23-. The molecule has 0 spiro atoms. The molecule has 6 rings (SSSR count). The first-order valence-corrected chi connectivity index (χ1v) is 13.2. The lowest BCUT2D eigenvalue weighted by Gasteiger charge is -2.23. The molecule has 4 aromatic rings. The highest BCUT2D eigenvalue weighted by molar-refractivity contribution is 7.22. The maximum absolute atomic E-state index is 13.5. The molecule has 2 aliphatic rings. The number of amides is 1. The van der Waals surface area contributed by atoms with Gasteiger partial charge in [0.15, 0.2) is 5.13 Å². The molecule has 0 radical (unpaired) electrons. The summed E-state index contributed by atoms with van der Waals surface area (Å²) in [7, 11) is 0. The second-order valence-electron chi connectivity index (χ2n) is 9.27. The number of anilines is 1. The molecule has 9 heteroatoms. The molecular weight excluding hydrogens is 531 g/mol. The van der Waals surface area contributed by atoms with Gasteiger partial charge in [-0.05, 0) is 73.0 Å². The average molecular weight is 551 g/mol. The van der Waals surface area contributed by atoms with Crippen LogP contribution in [-0.2, 0) is 16.0 Å². The average Bonchev–Trinajstić information content (AvgIpc) is 3.52. The molecule has 2 aliphatic heterocycles. The predicted octanol–water partition coefficient (Wildman–Crippen LogP) is 6.86. The summed E-state index contributed by atoms with van der Waals surface area (Å²) >= 11 is 13.8. The van der Waals surface area contributed by atoms with Crippen molar-refractivity contribution in [1.82, 2.24) is 4.98 Å². The number of rotatable bonds is 3. The van der Waals surface area contributed by atoms with Crippen LogP contribution in [0.3, 0.4) is 0 Å². The highest BCUT2D eigenvalue weighted by Gasteiger charge is 2.48. The maximum Gasteiger partial charge on any atom is 0.301 e. The Kier molecular flexibility index (Phi) is 5.75. The number of fused-ring (bicyclic) bond motifs is 2. The Hall–Kier alpha value is -3.39. The van der Waals surface area contributed by atoms with Crippen LogP contribution in [0, 0.1) is 6.92 Å². The Labute approximate surface area is 226 Å². The topological polar surface area (TPSA) is 79.7 Å². The van der Waals surface area contributed by atoms with E-state index in [0.717, 1.165) is 21.6 Å². The van der Waals surface area contributed by atoms with Crippen molar-refractivity contribution < 1.29 is 19.4 Å². The molecule has 1 N–H and O–H groups in total. The predicted molar refractivity (Wildman–Crippen MR) is 146 cm³/mol. The monoisotopic (exact) mass is 550 g/mol. The van der Waals surface area contributed by atoms with Gasteiger partial charge in [-0.15, -0.1) is 0 Å². The number of aryl methyl sites for hydroxylation is 1. The number of aliphatic hydroxyl groups excluding tert-OH is 1. The molecular formula is C28H20Cl2N2O4S. The SMILES string of the molecule is Cc1ccc2nc(N3C(=O)C(=O)/C(=C(\O)c4ccc5c(c4)CC(C)O5)C3c3ccc(Cl)c(Cl)c3)sc2c1. The van der Waals surface area contributed by atoms with Crippen molar-refractivity contribution in [2.45, 2.75) is 32.4 Å². The number of ketones is 1. The first-order chi connectivity index (χ1) is 17.7. The number of halogens is 2. The smallest absolute Gasteiger partial charge is 0.301 e. The fourth-order valence-corrected chi connectivity index (χ4v) is 6.27. The Morgan fingerprint density at radius 1 is 1.08 bits per heavy atom. The number of hydrogen-bond acceptors (Lipinski definition) is 6. The highest BCUT2D eigenvalue weighted by atomic mass is 35.5. The van der Waals surface area contributed by atoms with Gasteiger partial charge in [0.25, 0.3) is 5.78 Å². The van der Waals surface area contributed by atoms with E-state index in [4.69, 9.17) is 27.9 Å². The molecule has 1 fully saturated rings. The molecule has 3 aromatic carbocycles. The number of carbonyl (C=O) groups excluding carboxylic acids is 2. The summed E-state index contributed by atoms with van der Waals surface area (Å²) in [5.41, 5.74) is 3.63. The van der Waals surface area contributed by atoms with Crippen molar-refractivity contribution >= 4 is 67.3 Å². The molecule has 1 saturated heterocycles. The van der Waals surface area contributed by atoms with Crippen molar-refractivity contribution in [3.05, 3.63) is 92.5 Å². The van der Waals surface area contributed by atoms with E-state index < -0.39 is 17.7 Å². The van der Waals surface area contributed by atoms with E-state index in [9.17, 15) is 14.7 Å². The number of aliphatic hydroxyl groups is 1. The van der Waals surface area contributed by atoms with E-state index in [0.29, 0.717) is 33.2 Å². The molecule has 186 valence electrons. The summed E-state index contributed by atoms with van der Waals surface area (Å²) in [4.78, 5) is 32.9. The van der Waals surface area contributed by atoms with Crippen molar-refractivity contribution in [3.63, 3.8) is 0 Å². The second kappa shape index (κ2) is 8.87. The van der Waals surface area contributed by atoms with Gasteiger partial charge < -0.3 is 9.84 Å². The number of Topliss-reactive ketones (excluding diaryl/α,β-unsaturated/α-hetero) is 1. The zero-order chi connectivity index (χ0) is 26.0. The van der Waals surface area contributed by atoms with Gasteiger partial charge in [-0.25, -0.2) is 4.98 Å². The number of benzene rings is 3. The fraction of sp³-hybridized carbons (Fsp3) is 0.179. The van der Waals surface area contributed by atoms with Crippen LogP contribution < -0.4 is 9.64 Å². The number of aromatic nitrogens is 1. The Balaban J connectivity index is 1.55. The van der Waals surface area contributed by atoms with Gasteiger partial charge in [0.1, 0.15) is 17.6 Å². The van der Waals surface area contributed by atoms with Gasteiger partial charge in [-0.2, -0.15) is 0 Å². The van der Waals surface area contributed by atoms with E-state index in [1.165, 1.54) is 16.2 Å². The van der Waals surface area contributed by atoms with Gasteiger partial charge >= 0.3 is 5.91 Å². The lowest BCUT2D eigenvalue weighted by molar-refractivity contribution is -0.132. The minimum Gasteiger partial charge on any atom is -0.507 e. The lowest BCUT2D eigenvalue weighted by atomic mass is 9.94. The Morgan fingerprint density at radius 2 is 1.89 bits per heavy atom. The second-order valence-corrected chi connectivity index (χ2v) is 11.1. The first-order valence-electron chi connectivity index (χ1n) is 11.6. The van der Waals surface area contributed by atoms with Crippen LogP contribution >= 0.6 is 34.5 Å². The summed E-state index contributed by atoms with van der Waals surface area (Å²) in [5.74, 6) is -1.09. The fourth-order valence-electron chi connectivity index (χ4n) is 4.88. The van der Waals surface area contributed by atoms with E-state index in [1.807, 2.05) is 32.0 Å². The molecule has 6 nitrogen and oxygen atoms in total. The molecule has 0 bridgehead atoms. The normalized spacial score (nSPS) is 20.5. The molecule has 1 amide bonds. The van der Waals surface area contributed by atoms with Crippen molar-refractivity contribution in [1.29, 1.82) is 0 Å². The third kappa shape index (κ3) is 3.98. The van der Waals surface area contributed by atoms with Crippen LogP contribution in [0.15, 0.2) is 60.2 Å². The molecule has 2 atom stereocenters. The summed E-state index contributed by atoms with van der Waals surface area (Å²) in [6.07, 6.45) is 0.712. The summed E-state index contributed by atoms with van der Waals surface area (Å²) in [6.45, 7) is 3.94. The van der Waals surface area contributed by atoms with Crippen molar-refractivity contribution in [3.8, 4) is 5.75 Å². The molecule has 3 heterocycles. The number of thiazole rings is 1.